The molecule has 0 saturated carbocycles. The minimum Gasteiger partial charge on any atom is -0.336 e. The molecule has 0 aromatic carbocycles. The number of aryl methyl sites for hydroxylation is 1. The topological polar surface area (TPSA) is 29.9 Å². The zero-order valence-corrected chi connectivity index (χ0v) is 14.3. The number of aromatic nitrogens is 2. The molecule has 2 heterocycles. The molecule has 1 aliphatic rings. The molecule has 2 unspecified atom stereocenters. The summed E-state index contributed by atoms with van der Waals surface area (Å²) in [6, 6.07) is 2.96. The highest BCUT2D eigenvalue weighted by Gasteiger charge is 2.31. The lowest BCUT2D eigenvalue weighted by molar-refractivity contribution is 0.221. The van der Waals surface area contributed by atoms with E-state index in [9.17, 15) is 0 Å². The van der Waals surface area contributed by atoms with Crippen LogP contribution in [0.15, 0.2) is 24.8 Å². The van der Waals surface area contributed by atoms with E-state index in [2.05, 4.69) is 41.7 Å². The standard InChI is InChI=1S/C16H22ClN3S/c1-16(2,3)14(9-20-7-6-18-10-20)19-12-4-5-13-11(12)8-15(17)21-13/h6-8,10,12,14,19H,4-5,9H2,1-3H3. The van der Waals surface area contributed by atoms with Gasteiger partial charge in [0.25, 0.3) is 0 Å². The smallest absolute Gasteiger partial charge is 0.0946 e. The number of nitrogens with one attached hydrogen (secondary N) is 1. The van der Waals surface area contributed by atoms with E-state index in [0.717, 1.165) is 17.3 Å². The van der Waals surface area contributed by atoms with Crippen molar-refractivity contribution in [3.8, 4) is 0 Å². The van der Waals surface area contributed by atoms with Crippen LogP contribution in [0.4, 0.5) is 0 Å². The fourth-order valence-electron chi connectivity index (χ4n) is 2.93. The second-order valence-electron chi connectivity index (χ2n) is 6.87. The molecule has 114 valence electrons. The maximum atomic E-state index is 6.16. The van der Waals surface area contributed by atoms with Crippen LogP contribution in [-0.2, 0) is 13.0 Å². The van der Waals surface area contributed by atoms with Crippen LogP contribution < -0.4 is 5.32 Å². The monoisotopic (exact) mass is 323 g/mol. The summed E-state index contributed by atoms with van der Waals surface area (Å²) in [4.78, 5) is 5.60. The van der Waals surface area contributed by atoms with Crippen molar-refractivity contribution >= 4 is 22.9 Å². The van der Waals surface area contributed by atoms with Gasteiger partial charge in [-0.15, -0.1) is 11.3 Å². The summed E-state index contributed by atoms with van der Waals surface area (Å²) >= 11 is 7.89. The van der Waals surface area contributed by atoms with E-state index < -0.39 is 0 Å². The first-order chi connectivity index (χ1) is 9.93. The van der Waals surface area contributed by atoms with E-state index >= 15 is 0 Å². The van der Waals surface area contributed by atoms with E-state index in [1.54, 1.807) is 11.3 Å². The number of hydrogen-bond acceptors (Lipinski definition) is 3. The Morgan fingerprint density at radius 3 is 3.00 bits per heavy atom. The van der Waals surface area contributed by atoms with E-state index in [-0.39, 0.29) is 5.41 Å². The second kappa shape index (κ2) is 5.75. The molecule has 2 aromatic heterocycles. The third kappa shape index (κ3) is 3.33. The minimum absolute atomic E-state index is 0.187. The summed E-state index contributed by atoms with van der Waals surface area (Å²) < 4.78 is 3.06. The van der Waals surface area contributed by atoms with Crippen LogP contribution in [0.1, 0.15) is 43.7 Å². The Kier molecular flexibility index (Phi) is 4.12. The number of hydrogen-bond donors (Lipinski definition) is 1. The molecule has 0 fully saturated rings. The summed E-state index contributed by atoms with van der Waals surface area (Å²) in [5.74, 6) is 0. The third-order valence-electron chi connectivity index (χ3n) is 4.25. The van der Waals surface area contributed by atoms with E-state index in [4.69, 9.17) is 11.6 Å². The Morgan fingerprint density at radius 2 is 2.33 bits per heavy atom. The van der Waals surface area contributed by atoms with Crippen LogP contribution in [0, 0.1) is 5.41 Å². The van der Waals surface area contributed by atoms with Crippen molar-refractivity contribution in [2.24, 2.45) is 5.41 Å². The van der Waals surface area contributed by atoms with Crippen LogP contribution in [0.2, 0.25) is 4.34 Å². The molecule has 0 radical (unpaired) electrons. The van der Waals surface area contributed by atoms with Gasteiger partial charge in [-0.2, -0.15) is 0 Å². The molecule has 1 N–H and O–H groups in total. The van der Waals surface area contributed by atoms with E-state index in [0.29, 0.717) is 12.1 Å². The Hall–Kier alpha value is -0.840. The molecule has 0 aliphatic heterocycles. The van der Waals surface area contributed by atoms with E-state index in [1.165, 1.54) is 16.9 Å². The molecule has 3 nitrogen and oxygen atoms in total. The van der Waals surface area contributed by atoms with Gasteiger partial charge in [-0.3, -0.25) is 0 Å². The first-order valence-electron chi connectivity index (χ1n) is 7.43. The maximum absolute atomic E-state index is 6.16. The van der Waals surface area contributed by atoms with Gasteiger partial charge in [0.15, 0.2) is 0 Å². The first-order valence-corrected chi connectivity index (χ1v) is 8.63. The number of halogens is 1. The molecule has 1 aliphatic carbocycles. The highest BCUT2D eigenvalue weighted by atomic mass is 35.5. The molecule has 0 spiro atoms. The molecular weight excluding hydrogens is 302 g/mol. The van der Waals surface area contributed by atoms with Gasteiger partial charge in [0.2, 0.25) is 0 Å². The molecule has 0 bridgehead atoms. The first kappa shape index (κ1) is 15.1. The lowest BCUT2D eigenvalue weighted by Crippen LogP contribution is -2.44. The number of imidazole rings is 1. The van der Waals surface area contributed by atoms with Crippen LogP contribution in [0.3, 0.4) is 0 Å². The lowest BCUT2D eigenvalue weighted by atomic mass is 9.85. The largest absolute Gasteiger partial charge is 0.336 e. The highest BCUT2D eigenvalue weighted by molar-refractivity contribution is 7.16. The predicted molar refractivity (Wildman–Crippen MR) is 89.0 cm³/mol. The second-order valence-corrected chi connectivity index (χ2v) is 8.63. The Morgan fingerprint density at radius 1 is 1.52 bits per heavy atom. The van der Waals surface area contributed by atoms with Crippen molar-refractivity contribution in [2.45, 2.75) is 52.2 Å². The van der Waals surface area contributed by atoms with Crippen LogP contribution >= 0.6 is 22.9 Å². The van der Waals surface area contributed by atoms with Gasteiger partial charge in [-0.1, -0.05) is 32.4 Å². The fraction of sp³-hybridized carbons (Fsp3) is 0.562. The average molecular weight is 324 g/mol. The normalized spacial score (nSPS) is 19.7. The molecule has 21 heavy (non-hydrogen) atoms. The number of fused-ring (bicyclic) bond motifs is 1. The highest BCUT2D eigenvalue weighted by Crippen LogP contribution is 2.40. The Bertz CT molecular complexity index is 598. The van der Waals surface area contributed by atoms with Gasteiger partial charge in [0.05, 0.1) is 10.7 Å². The molecule has 2 aromatic rings. The maximum Gasteiger partial charge on any atom is 0.0946 e. The van der Waals surface area contributed by atoms with Gasteiger partial charge in [-0.05, 0) is 29.9 Å². The van der Waals surface area contributed by atoms with Crippen molar-refractivity contribution in [2.75, 3.05) is 0 Å². The van der Waals surface area contributed by atoms with Crippen molar-refractivity contribution < 1.29 is 0 Å². The molecule has 3 rings (SSSR count). The van der Waals surface area contributed by atoms with Gasteiger partial charge < -0.3 is 9.88 Å². The third-order valence-corrected chi connectivity index (χ3v) is 5.59. The van der Waals surface area contributed by atoms with Crippen LogP contribution in [0.5, 0.6) is 0 Å². The average Bonchev–Trinajstić information content (AvgIpc) is 3.06. The lowest BCUT2D eigenvalue weighted by Gasteiger charge is -2.34. The predicted octanol–water partition coefficient (Wildman–Crippen LogP) is 4.29. The summed E-state index contributed by atoms with van der Waals surface area (Å²) in [5, 5.41) is 3.86. The number of rotatable bonds is 4. The van der Waals surface area contributed by atoms with Crippen molar-refractivity contribution in [3.05, 3.63) is 39.6 Å². The quantitative estimate of drug-likeness (QED) is 0.909. The van der Waals surface area contributed by atoms with Crippen molar-refractivity contribution in [1.82, 2.24) is 14.9 Å². The number of thiophene rings is 1. The van der Waals surface area contributed by atoms with Crippen molar-refractivity contribution in [3.63, 3.8) is 0 Å². The zero-order valence-electron chi connectivity index (χ0n) is 12.8. The molecule has 2 atom stereocenters. The summed E-state index contributed by atoms with van der Waals surface area (Å²) in [5.41, 5.74) is 1.59. The van der Waals surface area contributed by atoms with Gasteiger partial charge in [0, 0.05) is 35.9 Å². The summed E-state index contributed by atoms with van der Waals surface area (Å²) in [6.45, 7) is 7.81. The SMILES string of the molecule is CC(C)(C)C(Cn1ccnc1)NC1CCc2sc(Cl)cc21. The summed E-state index contributed by atoms with van der Waals surface area (Å²) in [7, 11) is 0. The summed E-state index contributed by atoms with van der Waals surface area (Å²) in [6.07, 6.45) is 8.08. The Balaban J connectivity index is 1.76. The van der Waals surface area contributed by atoms with Crippen LogP contribution in [0.25, 0.3) is 0 Å². The minimum atomic E-state index is 0.187. The van der Waals surface area contributed by atoms with Gasteiger partial charge in [0.1, 0.15) is 0 Å². The molecule has 5 heteroatoms. The molecule has 0 amide bonds. The van der Waals surface area contributed by atoms with Gasteiger partial charge >= 0.3 is 0 Å². The zero-order chi connectivity index (χ0) is 15.0. The fourth-order valence-corrected chi connectivity index (χ4v) is 4.29. The molecule has 0 saturated heterocycles. The van der Waals surface area contributed by atoms with Crippen LogP contribution in [-0.4, -0.2) is 15.6 Å². The van der Waals surface area contributed by atoms with E-state index in [1.807, 2.05) is 18.7 Å². The van der Waals surface area contributed by atoms with Gasteiger partial charge in [-0.25, -0.2) is 4.98 Å². The van der Waals surface area contributed by atoms with Crippen molar-refractivity contribution in [1.29, 1.82) is 0 Å². The molecular formula is C16H22ClN3S. The number of nitrogens with zero attached hydrogens (tertiary/aromatic N) is 2. The Labute approximate surface area is 135 Å².